The Morgan fingerprint density at radius 1 is 1.12 bits per heavy atom. The minimum Gasteiger partial charge on any atom is -0.326 e. The fourth-order valence-electron chi connectivity index (χ4n) is 4.28. The third-order valence-corrected chi connectivity index (χ3v) is 5.24. The van der Waals surface area contributed by atoms with Crippen molar-refractivity contribution in [3.8, 4) is 0 Å². The normalized spacial score (nSPS) is 22.3. The van der Waals surface area contributed by atoms with E-state index in [1.807, 2.05) is 22.8 Å². The van der Waals surface area contributed by atoms with Gasteiger partial charge in [-0.2, -0.15) is 0 Å². The summed E-state index contributed by atoms with van der Waals surface area (Å²) in [6.07, 6.45) is 1.18. The number of nitrogens with zero attached hydrogens (tertiary/aromatic N) is 2. The van der Waals surface area contributed by atoms with Crippen molar-refractivity contribution in [2.75, 3.05) is 18.4 Å². The Bertz CT molecular complexity index is 841. The van der Waals surface area contributed by atoms with Crippen LogP contribution in [0.3, 0.4) is 0 Å². The molecule has 0 saturated carbocycles. The molecule has 2 aromatic rings. The second kappa shape index (κ2) is 6.48. The predicted octanol–water partition coefficient (Wildman–Crippen LogP) is 2.43. The number of nitrogens with one attached hydrogen (secondary N) is 1. The fourth-order valence-corrected chi connectivity index (χ4v) is 4.28. The summed E-state index contributed by atoms with van der Waals surface area (Å²) in [6.45, 7) is 5.29. The molecule has 1 amide bonds. The van der Waals surface area contributed by atoms with Crippen molar-refractivity contribution < 1.29 is 4.79 Å². The van der Waals surface area contributed by atoms with Gasteiger partial charge in [-0.25, -0.2) is 0 Å². The maximum Gasteiger partial charge on any atom is 0.250 e. The van der Waals surface area contributed by atoms with Crippen LogP contribution in [0.4, 0.5) is 5.69 Å². The molecular formula is C20H23N3O2. The predicted molar refractivity (Wildman–Crippen MR) is 97.6 cm³/mol. The quantitative estimate of drug-likeness (QED) is 0.936. The molecule has 1 fully saturated rings. The zero-order valence-electron chi connectivity index (χ0n) is 14.4. The third kappa shape index (κ3) is 3.37. The van der Waals surface area contributed by atoms with Gasteiger partial charge >= 0.3 is 0 Å². The molecule has 5 nitrogen and oxygen atoms in total. The number of pyridine rings is 1. The van der Waals surface area contributed by atoms with Crippen LogP contribution in [0, 0.1) is 5.92 Å². The molecule has 0 aliphatic carbocycles. The number of carbonyl (C=O) groups excluding carboxylic acids is 1. The number of carbonyl (C=O) groups is 1. The molecule has 1 aromatic heterocycles. The van der Waals surface area contributed by atoms with Crippen LogP contribution < -0.4 is 10.9 Å². The molecule has 2 aliphatic heterocycles. The summed E-state index contributed by atoms with van der Waals surface area (Å²) in [4.78, 5) is 25.7. The van der Waals surface area contributed by atoms with E-state index in [0.29, 0.717) is 11.8 Å². The average molecular weight is 337 g/mol. The molecule has 130 valence electrons. The zero-order valence-corrected chi connectivity index (χ0v) is 14.4. The SMILES string of the molecule is CC(=O)Nc1ccc(CN2CC3CC(C2)c2cccc(=O)n2C3)cc1. The molecule has 5 heteroatoms. The molecule has 3 heterocycles. The molecule has 1 N–H and O–H groups in total. The first-order chi connectivity index (χ1) is 12.1. The molecule has 2 bridgehead atoms. The largest absolute Gasteiger partial charge is 0.326 e. The van der Waals surface area contributed by atoms with Gasteiger partial charge in [-0.3, -0.25) is 14.5 Å². The molecule has 4 rings (SSSR count). The van der Waals surface area contributed by atoms with Crippen LogP contribution in [0.1, 0.15) is 30.5 Å². The summed E-state index contributed by atoms with van der Waals surface area (Å²) < 4.78 is 1.97. The van der Waals surface area contributed by atoms with Gasteiger partial charge in [0, 0.05) is 56.5 Å². The number of likely N-dealkylation sites (tertiary alicyclic amines) is 1. The summed E-state index contributed by atoms with van der Waals surface area (Å²) in [5.41, 5.74) is 3.41. The molecule has 0 spiro atoms. The lowest BCUT2D eigenvalue weighted by Crippen LogP contribution is -2.46. The Morgan fingerprint density at radius 2 is 1.92 bits per heavy atom. The van der Waals surface area contributed by atoms with E-state index in [2.05, 4.69) is 28.4 Å². The van der Waals surface area contributed by atoms with Crippen LogP contribution in [0.5, 0.6) is 0 Å². The number of hydrogen-bond donors (Lipinski definition) is 1. The molecule has 2 aliphatic rings. The summed E-state index contributed by atoms with van der Waals surface area (Å²) in [5.74, 6) is 0.940. The van der Waals surface area contributed by atoms with Crippen molar-refractivity contribution in [2.24, 2.45) is 5.92 Å². The average Bonchev–Trinajstić information content (AvgIpc) is 2.57. The molecule has 25 heavy (non-hydrogen) atoms. The number of amides is 1. The number of rotatable bonds is 3. The van der Waals surface area contributed by atoms with Gasteiger partial charge in [0.15, 0.2) is 0 Å². The van der Waals surface area contributed by atoms with Gasteiger partial charge < -0.3 is 9.88 Å². The van der Waals surface area contributed by atoms with Crippen molar-refractivity contribution in [1.29, 1.82) is 0 Å². The number of benzene rings is 1. The van der Waals surface area contributed by atoms with Crippen LogP contribution in [-0.4, -0.2) is 28.5 Å². The van der Waals surface area contributed by atoms with Gasteiger partial charge in [0.2, 0.25) is 5.91 Å². The van der Waals surface area contributed by atoms with E-state index >= 15 is 0 Å². The van der Waals surface area contributed by atoms with Crippen LogP contribution in [0.25, 0.3) is 0 Å². The van der Waals surface area contributed by atoms with Crippen LogP contribution in [0.15, 0.2) is 47.3 Å². The van der Waals surface area contributed by atoms with E-state index in [4.69, 9.17) is 0 Å². The minimum atomic E-state index is -0.0505. The van der Waals surface area contributed by atoms with E-state index in [0.717, 1.165) is 31.9 Å². The van der Waals surface area contributed by atoms with Crippen molar-refractivity contribution >= 4 is 11.6 Å². The zero-order chi connectivity index (χ0) is 17.4. The second-order valence-electron chi connectivity index (χ2n) is 7.27. The second-order valence-corrected chi connectivity index (χ2v) is 7.27. The van der Waals surface area contributed by atoms with Gasteiger partial charge in [0.05, 0.1) is 0 Å². The Morgan fingerprint density at radius 3 is 2.68 bits per heavy atom. The number of fused-ring (bicyclic) bond motifs is 4. The van der Waals surface area contributed by atoms with E-state index in [-0.39, 0.29) is 11.5 Å². The Kier molecular flexibility index (Phi) is 4.17. The highest BCUT2D eigenvalue weighted by Crippen LogP contribution is 2.35. The van der Waals surface area contributed by atoms with Crippen molar-refractivity contribution in [3.63, 3.8) is 0 Å². The van der Waals surface area contributed by atoms with E-state index in [9.17, 15) is 9.59 Å². The molecule has 1 aromatic carbocycles. The van der Waals surface area contributed by atoms with E-state index < -0.39 is 0 Å². The molecular weight excluding hydrogens is 314 g/mol. The number of piperidine rings is 1. The first-order valence-electron chi connectivity index (χ1n) is 8.87. The Labute approximate surface area is 147 Å². The van der Waals surface area contributed by atoms with E-state index in [1.54, 1.807) is 6.07 Å². The number of aromatic nitrogens is 1. The molecule has 1 saturated heterocycles. The summed E-state index contributed by atoms with van der Waals surface area (Å²) >= 11 is 0. The lowest BCUT2D eigenvalue weighted by atomic mass is 9.83. The van der Waals surface area contributed by atoms with Gasteiger partial charge in [0.1, 0.15) is 0 Å². The summed E-state index contributed by atoms with van der Waals surface area (Å²) in [6, 6.07) is 13.7. The monoisotopic (exact) mass is 337 g/mol. The highest BCUT2D eigenvalue weighted by atomic mass is 16.1. The van der Waals surface area contributed by atoms with E-state index in [1.165, 1.54) is 24.6 Å². The Balaban J connectivity index is 1.47. The highest BCUT2D eigenvalue weighted by molar-refractivity contribution is 5.88. The molecule has 2 atom stereocenters. The molecule has 2 unspecified atom stereocenters. The van der Waals surface area contributed by atoms with Gasteiger partial charge in [-0.15, -0.1) is 0 Å². The first-order valence-corrected chi connectivity index (χ1v) is 8.87. The van der Waals surface area contributed by atoms with Crippen LogP contribution in [0.2, 0.25) is 0 Å². The number of hydrogen-bond acceptors (Lipinski definition) is 3. The van der Waals surface area contributed by atoms with Crippen molar-refractivity contribution in [1.82, 2.24) is 9.47 Å². The lowest BCUT2D eigenvalue weighted by Gasteiger charge is -2.42. The first kappa shape index (κ1) is 16.1. The highest BCUT2D eigenvalue weighted by Gasteiger charge is 2.34. The topological polar surface area (TPSA) is 54.3 Å². The summed E-state index contributed by atoms with van der Waals surface area (Å²) in [5, 5.41) is 2.80. The van der Waals surface area contributed by atoms with Gasteiger partial charge in [-0.05, 0) is 36.1 Å². The third-order valence-electron chi connectivity index (χ3n) is 5.24. The Hall–Kier alpha value is -2.40. The maximum absolute atomic E-state index is 12.1. The number of anilines is 1. The lowest BCUT2D eigenvalue weighted by molar-refractivity contribution is -0.114. The minimum absolute atomic E-state index is 0.0505. The fraction of sp³-hybridized carbons (Fsp3) is 0.400. The van der Waals surface area contributed by atoms with Gasteiger partial charge in [-0.1, -0.05) is 18.2 Å². The smallest absolute Gasteiger partial charge is 0.250 e. The molecule has 0 radical (unpaired) electrons. The van der Waals surface area contributed by atoms with Crippen LogP contribution in [-0.2, 0) is 17.9 Å². The van der Waals surface area contributed by atoms with Crippen molar-refractivity contribution in [2.45, 2.75) is 32.4 Å². The van der Waals surface area contributed by atoms with Crippen LogP contribution >= 0.6 is 0 Å². The summed E-state index contributed by atoms with van der Waals surface area (Å²) in [7, 11) is 0. The maximum atomic E-state index is 12.1. The van der Waals surface area contributed by atoms with Gasteiger partial charge in [0.25, 0.3) is 5.56 Å². The standard InChI is InChI=1S/C20H23N3O2/c1-14(24)21-18-7-5-15(6-8-18)10-22-11-16-9-17(13-22)19-3-2-4-20(25)23(19)12-16/h2-8,16-17H,9-13H2,1H3,(H,21,24). The van der Waals surface area contributed by atoms with Crippen molar-refractivity contribution in [3.05, 3.63) is 64.1 Å².